The predicted octanol–water partition coefficient (Wildman–Crippen LogP) is 5.53. The molecule has 1 N–H and O–H groups in total. The number of hydrogen-bond acceptors (Lipinski definition) is 8. The van der Waals surface area contributed by atoms with Crippen LogP contribution in [0.25, 0.3) is 0 Å². The fourth-order valence-corrected chi connectivity index (χ4v) is 8.18. The van der Waals surface area contributed by atoms with Crippen molar-refractivity contribution in [3.63, 3.8) is 0 Å². The lowest BCUT2D eigenvalue weighted by molar-refractivity contribution is -0.0345. The molecule has 10 heteroatoms. The van der Waals surface area contributed by atoms with Gasteiger partial charge in [0.05, 0.1) is 42.5 Å². The van der Waals surface area contributed by atoms with Crippen LogP contribution < -0.4 is 14.4 Å². The second-order valence-corrected chi connectivity index (χ2v) is 14.9. The number of sulfonamides is 1. The maximum absolute atomic E-state index is 14.2. The fraction of sp³-hybridized carbons (Fsp3) is 0.500. The summed E-state index contributed by atoms with van der Waals surface area (Å²) in [4.78, 5) is 2.56. The van der Waals surface area contributed by atoms with Gasteiger partial charge in [-0.3, -0.25) is 0 Å². The summed E-state index contributed by atoms with van der Waals surface area (Å²) in [5, 5.41) is 10.9. The molecule has 3 aromatic carbocycles. The zero-order valence-electron chi connectivity index (χ0n) is 27.6. The van der Waals surface area contributed by atoms with Crippen molar-refractivity contribution in [1.29, 1.82) is 0 Å². The Bertz CT molecular complexity index is 1540. The zero-order chi connectivity index (χ0) is 32.9. The SMILES string of the molecule is COCCCN1CCOc2ccc(CO[C@H]3CN(S(=O)(=O)c4ccc(C)cc4)[C@H](CC(C)(C)O)C[C@@H]3c3ccc(OC)cc3)cc21. The molecule has 3 aromatic rings. The van der Waals surface area contributed by atoms with E-state index in [1.807, 2.05) is 55.5 Å². The van der Waals surface area contributed by atoms with Crippen LogP contribution in [-0.4, -0.2) is 82.6 Å². The molecule has 9 nitrogen and oxygen atoms in total. The Balaban J connectivity index is 1.45. The molecule has 0 aliphatic carbocycles. The minimum Gasteiger partial charge on any atom is -0.497 e. The van der Waals surface area contributed by atoms with Crippen LogP contribution in [0.15, 0.2) is 71.6 Å². The Hall–Kier alpha value is -3.15. The molecular formula is C36H48N2O7S. The van der Waals surface area contributed by atoms with E-state index in [2.05, 4.69) is 11.0 Å². The van der Waals surface area contributed by atoms with E-state index in [0.717, 1.165) is 53.4 Å². The van der Waals surface area contributed by atoms with Gasteiger partial charge in [0, 0.05) is 38.8 Å². The minimum absolute atomic E-state index is 0.103. The molecule has 0 saturated carbocycles. The lowest BCUT2D eigenvalue weighted by Crippen LogP contribution is -2.54. The summed E-state index contributed by atoms with van der Waals surface area (Å²) in [5.74, 6) is 1.50. The van der Waals surface area contributed by atoms with E-state index >= 15 is 0 Å². The highest BCUT2D eigenvalue weighted by molar-refractivity contribution is 7.89. The van der Waals surface area contributed by atoms with Crippen molar-refractivity contribution in [1.82, 2.24) is 4.31 Å². The maximum atomic E-state index is 14.2. The molecule has 0 unspecified atom stereocenters. The number of ether oxygens (including phenoxy) is 4. The predicted molar refractivity (Wildman–Crippen MR) is 179 cm³/mol. The summed E-state index contributed by atoms with van der Waals surface area (Å²) >= 11 is 0. The van der Waals surface area contributed by atoms with Crippen LogP contribution in [0.2, 0.25) is 0 Å². The van der Waals surface area contributed by atoms with Crippen molar-refractivity contribution in [3.05, 3.63) is 83.4 Å². The third-order valence-electron chi connectivity index (χ3n) is 8.87. The highest BCUT2D eigenvalue weighted by Gasteiger charge is 2.44. The summed E-state index contributed by atoms with van der Waals surface area (Å²) in [6, 6.07) is 20.5. The minimum atomic E-state index is -3.87. The molecule has 250 valence electrons. The number of aliphatic hydroxyl groups is 1. The number of piperidine rings is 1. The van der Waals surface area contributed by atoms with Crippen molar-refractivity contribution in [3.8, 4) is 11.5 Å². The molecule has 3 atom stereocenters. The van der Waals surface area contributed by atoms with Crippen molar-refractivity contribution < 1.29 is 32.5 Å². The lowest BCUT2D eigenvalue weighted by atomic mass is 9.81. The molecule has 1 fully saturated rings. The molecule has 46 heavy (non-hydrogen) atoms. The average molecular weight is 653 g/mol. The number of nitrogens with zero attached hydrogens (tertiary/aromatic N) is 2. The van der Waals surface area contributed by atoms with Gasteiger partial charge in [-0.25, -0.2) is 8.42 Å². The number of methoxy groups -OCH3 is 2. The van der Waals surface area contributed by atoms with Crippen LogP contribution in [-0.2, 0) is 26.1 Å². The molecule has 0 aromatic heterocycles. The molecule has 0 spiro atoms. The molecule has 5 rings (SSSR count). The molecule has 2 aliphatic heterocycles. The first kappa shape index (κ1) is 34.2. The van der Waals surface area contributed by atoms with Crippen LogP contribution in [0.5, 0.6) is 11.5 Å². The normalized spacial score (nSPS) is 20.7. The summed E-state index contributed by atoms with van der Waals surface area (Å²) in [6.45, 7) is 8.86. The lowest BCUT2D eigenvalue weighted by Gasteiger charge is -2.45. The average Bonchev–Trinajstić information content (AvgIpc) is 3.03. The summed E-state index contributed by atoms with van der Waals surface area (Å²) in [5.41, 5.74) is 2.99. The second kappa shape index (κ2) is 14.7. The molecule has 2 heterocycles. The van der Waals surface area contributed by atoms with E-state index in [4.69, 9.17) is 18.9 Å². The van der Waals surface area contributed by atoms with E-state index < -0.39 is 27.8 Å². The molecule has 0 bridgehead atoms. The van der Waals surface area contributed by atoms with Crippen LogP contribution in [0.3, 0.4) is 0 Å². The summed E-state index contributed by atoms with van der Waals surface area (Å²) in [6.07, 6.45) is 1.27. The van der Waals surface area contributed by atoms with Gasteiger partial charge >= 0.3 is 0 Å². The fourth-order valence-electron chi connectivity index (χ4n) is 6.53. The van der Waals surface area contributed by atoms with Crippen molar-refractivity contribution in [2.24, 2.45) is 0 Å². The number of benzene rings is 3. The van der Waals surface area contributed by atoms with Gasteiger partial charge in [0.25, 0.3) is 0 Å². The Morgan fingerprint density at radius 3 is 2.43 bits per heavy atom. The van der Waals surface area contributed by atoms with E-state index in [1.165, 1.54) is 0 Å². The Morgan fingerprint density at radius 1 is 1.02 bits per heavy atom. The first-order chi connectivity index (χ1) is 22.0. The Morgan fingerprint density at radius 2 is 1.76 bits per heavy atom. The quantitative estimate of drug-likeness (QED) is 0.241. The highest BCUT2D eigenvalue weighted by Crippen LogP contribution is 2.40. The highest BCUT2D eigenvalue weighted by atomic mass is 32.2. The van der Waals surface area contributed by atoms with Gasteiger partial charge in [-0.05, 0) is 87.6 Å². The van der Waals surface area contributed by atoms with Crippen LogP contribution in [0, 0.1) is 6.92 Å². The number of aryl methyl sites for hydroxylation is 1. The number of rotatable bonds is 13. The van der Waals surface area contributed by atoms with Gasteiger partial charge < -0.3 is 29.0 Å². The maximum Gasteiger partial charge on any atom is 0.243 e. The molecular weight excluding hydrogens is 604 g/mol. The van der Waals surface area contributed by atoms with Gasteiger partial charge in [-0.1, -0.05) is 35.9 Å². The van der Waals surface area contributed by atoms with Crippen molar-refractivity contribution in [2.45, 2.75) is 75.2 Å². The van der Waals surface area contributed by atoms with Gasteiger partial charge in [-0.15, -0.1) is 0 Å². The van der Waals surface area contributed by atoms with Crippen LogP contribution in [0.4, 0.5) is 5.69 Å². The molecule has 2 aliphatic rings. The Kier molecular flexibility index (Phi) is 11.0. The Labute approximate surface area is 274 Å². The van der Waals surface area contributed by atoms with Crippen molar-refractivity contribution in [2.75, 3.05) is 52.0 Å². The number of fused-ring (bicyclic) bond motifs is 1. The van der Waals surface area contributed by atoms with Gasteiger partial charge in [0.2, 0.25) is 10.0 Å². The van der Waals surface area contributed by atoms with E-state index in [0.29, 0.717) is 32.7 Å². The largest absolute Gasteiger partial charge is 0.497 e. The van der Waals surface area contributed by atoms with E-state index in [1.54, 1.807) is 44.5 Å². The van der Waals surface area contributed by atoms with Crippen LogP contribution in [0.1, 0.15) is 55.7 Å². The first-order valence-corrected chi connectivity index (χ1v) is 17.5. The summed E-state index contributed by atoms with van der Waals surface area (Å²) in [7, 11) is -0.523. The number of anilines is 1. The van der Waals surface area contributed by atoms with Gasteiger partial charge in [0.15, 0.2) is 0 Å². The standard InChI is InChI=1S/C36H48N2O7S/c1-26-7-14-31(15-8-26)46(40,41)38-24-35(32(22-29(38)23-36(2,3)39)28-10-12-30(43-5)13-11-28)45-25-27-9-16-34-33(21-27)37(18-20-44-34)17-6-19-42-4/h7-16,21,29,32,35,39H,6,17-20,22-25H2,1-5H3/t29-,32+,35-/m0/s1. The van der Waals surface area contributed by atoms with Gasteiger partial charge in [0.1, 0.15) is 18.1 Å². The summed E-state index contributed by atoms with van der Waals surface area (Å²) < 4.78 is 53.2. The topological polar surface area (TPSA) is 97.8 Å². The first-order valence-electron chi connectivity index (χ1n) is 16.0. The second-order valence-electron chi connectivity index (χ2n) is 13.0. The van der Waals surface area contributed by atoms with Crippen LogP contribution >= 0.6 is 0 Å². The third kappa shape index (κ3) is 8.22. The van der Waals surface area contributed by atoms with Gasteiger partial charge in [-0.2, -0.15) is 4.31 Å². The smallest absolute Gasteiger partial charge is 0.243 e. The van der Waals surface area contributed by atoms with Crippen molar-refractivity contribution >= 4 is 15.7 Å². The molecule has 0 radical (unpaired) electrons. The number of hydrogen-bond donors (Lipinski definition) is 1. The monoisotopic (exact) mass is 652 g/mol. The third-order valence-corrected chi connectivity index (χ3v) is 10.8. The van der Waals surface area contributed by atoms with E-state index in [-0.39, 0.29) is 17.4 Å². The van der Waals surface area contributed by atoms with E-state index in [9.17, 15) is 13.5 Å². The zero-order valence-corrected chi connectivity index (χ0v) is 28.5. The molecule has 0 amide bonds. The molecule has 1 saturated heterocycles.